The first-order chi connectivity index (χ1) is 12.1. The maximum Gasteiger partial charge on any atom is 0.278 e. The van der Waals surface area contributed by atoms with E-state index in [1.807, 2.05) is 0 Å². The summed E-state index contributed by atoms with van der Waals surface area (Å²) in [5.41, 5.74) is 6.58. The van der Waals surface area contributed by atoms with E-state index in [1.54, 1.807) is 18.3 Å². The van der Waals surface area contributed by atoms with Gasteiger partial charge in [-0.05, 0) is 37.3 Å². The van der Waals surface area contributed by atoms with Crippen LogP contribution < -0.4 is 10.6 Å². The highest BCUT2D eigenvalue weighted by molar-refractivity contribution is 6.01. The summed E-state index contributed by atoms with van der Waals surface area (Å²) in [6.07, 6.45) is 8.37. The SMILES string of the molecule is NC(=O)[C@@H]1C[C@@H]2CCCC[C@@H]2N1c1ccc([N+](=O)[O-])c2cnccc12. The molecule has 0 bridgehead atoms. The summed E-state index contributed by atoms with van der Waals surface area (Å²) in [5.74, 6) is 0.133. The molecule has 2 aliphatic rings. The highest BCUT2D eigenvalue weighted by atomic mass is 16.6. The minimum atomic E-state index is -0.396. The fourth-order valence-electron chi connectivity index (χ4n) is 4.60. The van der Waals surface area contributed by atoms with Gasteiger partial charge in [0, 0.05) is 35.6 Å². The number of nitrogens with two attached hydrogens (primary N) is 1. The summed E-state index contributed by atoms with van der Waals surface area (Å²) in [4.78, 5) is 29.2. The third kappa shape index (κ3) is 2.50. The van der Waals surface area contributed by atoms with Crippen LogP contribution in [0.25, 0.3) is 10.8 Å². The summed E-state index contributed by atoms with van der Waals surface area (Å²) in [7, 11) is 0. The molecular formula is C18H20N4O3. The van der Waals surface area contributed by atoms with E-state index in [0.717, 1.165) is 36.8 Å². The van der Waals surface area contributed by atoms with Gasteiger partial charge < -0.3 is 10.6 Å². The number of benzene rings is 1. The average molecular weight is 340 g/mol. The molecule has 1 amide bonds. The number of amides is 1. The van der Waals surface area contributed by atoms with Crippen LogP contribution in [0.1, 0.15) is 32.1 Å². The van der Waals surface area contributed by atoms with Crippen LogP contribution in [0.2, 0.25) is 0 Å². The second kappa shape index (κ2) is 5.98. The van der Waals surface area contributed by atoms with Crippen LogP contribution in [-0.2, 0) is 4.79 Å². The van der Waals surface area contributed by atoms with Crippen LogP contribution >= 0.6 is 0 Å². The zero-order valence-electron chi connectivity index (χ0n) is 13.8. The lowest BCUT2D eigenvalue weighted by Gasteiger charge is -2.35. The summed E-state index contributed by atoms with van der Waals surface area (Å²) in [6, 6.07) is 4.96. The minimum Gasteiger partial charge on any atom is -0.368 e. The number of nitrogens with zero attached hydrogens (tertiary/aromatic N) is 3. The number of nitro benzene ring substituents is 1. The second-order valence-corrected chi connectivity index (χ2v) is 6.96. The zero-order chi connectivity index (χ0) is 17.6. The van der Waals surface area contributed by atoms with Gasteiger partial charge in [-0.15, -0.1) is 0 Å². The van der Waals surface area contributed by atoms with Gasteiger partial charge in [0.2, 0.25) is 5.91 Å². The molecule has 3 atom stereocenters. The Hall–Kier alpha value is -2.70. The third-order valence-corrected chi connectivity index (χ3v) is 5.66. The Bertz CT molecular complexity index is 853. The van der Waals surface area contributed by atoms with Crippen molar-refractivity contribution in [3.63, 3.8) is 0 Å². The summed E-state index contributed by atoms with van der Waals surface area (Å²) in [5, 5.41) is 12.6. The molecule has 7 heteroatoms. The fourth-order valence-corrected chi connectivity index (χ4v) is 4.60. The van der Waals surface area contributed by atoms with Crippen molar-refractivity contribution in [3.8, 4) is 0 Å². The lowest BCUT2D eigenvalue weighted by atomic mass is 9.84. The van der Waals surface area contributed by atoms with Crippen LogP contribution in [0.3, 0.4) is 0 Å². The molecule has 0 spiro atoms. The molecule has 2 heterocycles. The molecule has 1 aliphatic heterocycles. The molecule has 7 nitrogen and oxygen atoms in total. The Morgan fingerprint density at radius 2 is 2.04 bits per heavy atom. The van der Waals surface area contributed by atoms with Gasteiger partial charge >= 0.3 is 0 Å². The van der Waals surface area contributed by atoms with Crippen LogP contribution in [0.4, 0.5) is 11.4 Å². The van der Waals surface area contributed by atoms with Crippen molar-refractivity contribution in [1.82, 2.24) is 4.98 Å². The number of pyridine rings is 1. The van der Waals surface area contributed by atoms with E-state index in [2.05, 4.69) is 9.88 Å². The predicted octanol–water partition coefficient (Wildman–Crippen LogP) is 2.77. The number of carbonyl (C=O) groups excluding carboxylic acids is 1. The van der Waals surface area contributed by atoms with E-state index in [-0.39, 0.29) is 23.7 Å². The highest BCUT2D eigenvalue weighted by Crippen LogP contribution is 2.45. The van der Waals surface area contributed by atoms with Gasteiger partial charge in [-0.3, -0.25) is 19.9 Å². The molecule has 25 heavy (non-hydrogen) atoms. The second-order valence-electron chi connectivity index (χ2n) is 6.96. The molecular weight excluding hydrogens is 320 g/mol. The highest BCUT2D eigenvalue weighted by Gasteiger charge is 2.45. The molecule has 2 fully saturated rings. The zero-order valence-corrected chi connectivity index (χ0v) is 13.8. The average Bonchev–Trinajstić information content (AvgIpc) is 3.00. The first-order valence-electron chi connectivity index (χ1n) is 8.66. The van der Waals surface area contributed by atoms with E-state index in [9.17, 15) is 14.9 Å². The van der Waals surface area contributed by atoms with E-state index >= 15 is 0 Å². The van der Waals surface area contributed by atoms with E-state index < -0.39 is 4.92 Å². The molecule has 1 aromatic heterocycles. The molecule has 4 rings (SSSR count). The summed E-state index contributed by atoms with van der Waals surface area (Å²) in [6.45, 7) is 0. The molecule has 2 aromatic rings. The monoisotopic (exact) mass is 340 g/mol. The number of nitro groups is 1. The van der Waals surface area contributed by atoms with Crippen molar-refractivity contribution < 1.29 is 9.72 Å². The number of hydrogen-bond acceptors (Lipinski definition) is 5. The predicted molar refractivity (Wildman–Crippen MR) is 94.2 cm³/mol. The van der Waals surface area contributed by atoms with Crippen LogP contribution in [0.15, 0.2) is 30.6 Å². The molecule has 1 saturated carbocycles. The number of aromatic nitrogens is 1. The summed E-state index contributed by atoms with van der Waals surface area (Å²) >= 11 is 0. The maximum atomic E-state index is 12.1. The maximum absolute atomic E-state index is 12.1. The van der Waals surface area contributed by atoms with Crippen molar-refractivity contribution in [1.29, 1.82) is 0 Å². The Kier molecular flexibility index (Phi) is 3.78. The number of hydrogen-bond donors (Lipinski definition) is 1. The number of primary amides is 1. The first-order valence-corrected chi connectivity index (χ1v) is 8.66. The molecule has 1 aromatic carbocycles. The van der Waals surface area contributed by atoms with Gasteiger partial charge in [0.1, 0.15) is 6.04 Å². The van der Waals surface area contributed by atoms with Crippen molar-refractivity contribution in [2.45, 2.75) is 44.2 Å². The normalized spacial score (nSPS) is 25.8. The fraction of sp³-hybridized carbons (Fsp3) is 0.444. The van der Waals surface area contributed by atoms with E-state index in [4.69, 9.17) is 5.73 Å². The van der Waals surface area contributed by atoms with Crippen molar-refractivity contribution in [3.05, 3.63) is 40.7 Å². The van der Waals surface area contributed by atoms with Gasteiger partial charge in [0.25, 0.3) is 5.69 Å². The van der Waals surface area contributed by atoms with E-state index in [1.165, 1.54) is 18.7 Å². The number of fused-ring (bicyclic) bond motifs is 2. The van der Waals surface area contributed by atoms with Crippen molar-refractivity contribution in [2.24, 2.45) is 11.7 Å². The lowest BCUT2D eigenvalue weighted by Crippen LogP contribution is -2.45. The van der Waals surface area contributed by atoms with Crippen LogP contribution in [-0.4, -0.2) is 27.9 Å². The minimum absolute atomic E-state index is 0.0295. The Balaban J connectivity index is 1.89. The molecule has 130 valence electrons. The Morgan fingerprint density at radius 3 is 2.80 bits per heavy atom. The topological polar surface area (TPSA) is 102 Å². The molecule has 1 saturated heterocycles. The van der Waals surface area contributed by atoms with Crippen molar-refractivity contribution >= 4 is 28.1 Å². The lowest BCUT2D eigenvalue weighted by molar-refractivity contribution is -0.383. The molecule has 0 radical (unpaired) electrons. The summed E-state index contributed by atoms with van der Waals surface area (Å²) < 4.78 is 0. The van der Waals surface area contributed by atoms with Gasteiger partial charge in [0.15, 0.2) is 0 Å². The number of carbonyl (C=O) groups is 1. The van der Waals surface area contributed by atoms with Crippen molar-refractivity contribution in [2.75, 3.05) is 4.90 Å². The smallest absolute Gasteiger partial charge is 0.278 e. The molecule has 1 aliphatic carbocycles. The Morgan fingerprint density at radius 1 is 1.24 bits per heavy atom. The molecule has 2 N–H and O–H groups in total. The van der Waals surface area contributed by atoms with E-state index in [0.29, 0.717) is 11.3 Å². The van der Waals surface area contributed by atoms with Crippen LogP contribution in [0, 0.1) is 16.0 Å². The number of non-ortho nitro benzene ring substituents is 1. The van der Waals surface area contributed by atoms with Gasteiger partial charge in [-0.25, -0.2) is 0 Å². The number of anilines is 1. The van der Waals surface area contributed by atoms with Gasteiger partial charge in [0.05, 0.1) is 10.3 Å². The standard InChI is InChI=1S/C18H20N4O3/c19-18(23)17-9-11-3-1-2-4-14(11)21(17)15-5-6-16(22(24)25)13-10-20-8-7-12(13)15/h5-8,10-11,14,17H,1-4,9H2,(H2,19,23)/t11-,14-,17-/m0/s1. The third-order valence-electron chi connectivity index (χ3n) is 5.66. The molecule has 0 unspecified atom stereocenters. The van der Waals surface area contributed by atoms with Gasteiger partial charge in [-0.1, -0.05) is 12.8 Å². The number of rotatable bonds is 3. The first kappa shape index (κ1) is 15.8. The van der Waals surface area contributed by atoms with Crippen LogP contribution in [0.5, 0.6) is 0 Å². The quantitative estimate of drug-likeness (QED) is 0.683. The van der Waals surface area contributed by atoms with Gasteiger partial charge in [-0.2, -0.15) is 0 Å². The Labute approximate surface area is 145 Å². The largest absolute Gasteiger partial charge is 0.368 e.